The van der Waals surface area contributed by atoms with Crippen molar-refractivity contribution in [3.8, 4) is 6.07 Å². The molecule has 1 aliphatic rings. The fourth-order valence-corrected chi connectivity index (χ4v) is 2.48. The zero-order valence-electron chi connectivity index (χ0n) is 13.4. The Bertz CT molecular complexity index is 827. The van der Waals surface area contributed by atoms with Gasteiger partial charge in [0.25, 0.3) is 0 Å². The second-order valence-corrected chi connectivity index (χ2v) is 5.07. The minimum absolute atomic E-state index is 0.0146. The lowest BCUT2D eigenvalue weighted by molar-refractivity contribution is -0.377. The van der Waals surface area contributed by atoms with Gasteiger partial charge in [0.1, 0.15) is 5.76 Å². The van der Waals surface area contributed by atoms with Gasteiger partial charge in [-0.15, -0.1) is 0 Å². The van der Waals surface area contributed by atoms with Crippen LogP contribution in [-0.4, -0.2) is 28.3 Å². The monoisotopic (exact) mass is 339 g/mol. The van der Waals surface area contributed by atoms with E-state index in [0.717, 1.165) is 0 Å². The van der Waals surface area contributed by atoms with Crippen LogP contribution >= 0.6 is 0 Å². The first-order chi connectivity index (χ1) is 12.0. The van der Waals surface area contributed by atoms with Gasteiger partial charge in [0.05, 0.1) is 18.2 Å². The highest BCUT2D eigenvalue weighted by Crippen LogP contribution is 2.35. The van der Waals surface area contributed by atoms with Crippen LogP contribution in [0.5, 0.6) is 0 Å². The van der Waals surface area contributed by atoms with Crippen LogP contribution in [0.3, 0.4) is 0 Å². The molecule has 0 fully saturated rings. The molecule has 1 aliphatic carbocycles. The van der Waals surface area contributed by atoms with Crippen molar-refractivity contribution in [1.29, 1.82) is 5.26 Å². The number of nitriles is 1. The molecule has 0 aromatic heterocycles. The molecule has 0 saturated heterocycles. The van der Waals surface area contributed by atoms with E-state index in [0.29, 0.717) is 0 Å². The first kappa shape index (κ1) is 17.8. The zero-order chi connectivity index (χ0) is 18.4. The molecule has 1 aromatic rings. The molecular weight excluding hydrogens is 324 g/mol. The number of aliphatic hydroxyl groups is 1. The maximum absolute atomic E-state index is 12.6. The highest BCUT2D eigenvalue weighted by molar-refractivity contribution is 6.10. The third-order valence-electron chi connectivity index (χ3n) is 3.67. The SMILES string of the molecule is CCOC(=O)[C@](C#N)(C(O)=C1C=CC=CC1=[N+]([O-])[O-])c1ccccc1. The summed E-state index contributed by atoms with van der Waals surface area (Å²) >= 11 is 0. The molecule has 0 heterocycles. The Morgan fingerprint density at radius 1 is 1.28 bits per heavy atom. The van der Waals surface area contributed by atoms with Crippen LogP contribution in [0.25, 0.3) is 0 Å². The number of benzene rings is 1. The third kappa shape index (κ3) is 3.10. The summed E-state index contributed by atoms with van der Waals surface area (Å²) in [7, 11) is 0. The average molecular weight is 339 g/mol. The van der Waals surface area contributed by atoms with Gasteiger partial charge < -0.3 is 20.3 Å². The summed E-state index contributed by atoms with van der Waals surface area (Å²) < 4.78 is 4.98. The van der Waals surface area contributed by atoms with E-state index >= 15 is 0 Å². The fraction of sp³-hybridized carbons (Fsp3) is 0.167. The van der Waals surface area contributed by atoms with E-state index < -0.39 is 27.8 Å². The van der Waals surface area contributed by atoms with Gasteiger partial charge in [-0.25, -0.2) is 4.79 Å². The van der Waals surface area contributed by atoms with Crippen LogP contribution in [0, 0.1) is 21.7 Å². The van der Waals surface area contributed by atoms with Gasteiger partial charge in [0, 0.05) is 6.08 Å². The Balaban J connectivity index is 2.80. The Labute approximate surface area is 144 Å². The first-order valence-corrected chi connectivity index (χ1v) is 7.43. The summed E-state index contributed by atoms with van der Waals surface area (Å²) in [5, 5.41) is 43.1. The molecule has 7 heteroatoms. The molecule has 1 aromatic carbocycles. The van der Waals surface area contributed by atoms with Crippen molar-refractivity contribution >= 4 is 11.7 Å². The molecule has 0 aliphatic heterocycles. The third-order valence-corrected chi connectivity index (χ3v) is 3.67. The zero-order valence-corrected chi connectivity index (χ0v) is 13.4. The van der Waals surface area contributed by atoms with Gasteiger partial charge in [-0.3, -0.25) is 0 Å². The molecule has 0 saturated carbocycles. The van der Waals surface area contributed by atoms with E-state index in [1.165, 1.54) is 36.4 Å². The number of carbonyl (C=O) groups is 1. The highest BCUT2D eigenvalue weighted by atomic mass is 16.8. The van der Waals surface area contributed by atoms with Crippen molar-refractivity contribution in [3.63, 3.8) is 0 Å². The lowest BCUT2D eigenvalue weighted by Gasteiger charge is -2.26. The van der Waals surface area contributed by atoms with Gasteiger partial charge in [-0.2, -0.15) is 10.2 Å². The molecule has 0 bridgehead atoms. The number of nitrogens with zero attached hydrogens (tertiary/aromatic N) is 2. The smallest absolute Gasteiger partial charge is 0.339 e. The number of ether oxygens (including phenoxy) is 1. The van der Waals surface area contributed by atoms with Crippen LogP contribution in [0.4, 0.5) is 0 Å². The first-order valence-electron chi connectivity index (χ1n) is 7.43. The van der Waals surface area contributed by atoms with E-state index in [9.17, 15) is 25.6 Å². The molecule has 128 valence electrons. The maximum atomic E-state index is 12.6. The summed E-state index contributed by atoms with van der Waals surface area (Å²) in [6, 6.07) is 9.61. The number of hydrogen-bond donors (Lipinski definition) is 1. The fourth-order valence-electron chi connectivity index (χ4n) is 2.48. The summed E-state index contributed by atoms with van der Waals surface area (Å²) in [5.41, 5.74) is -2.68. The molecule has 2 rings (SSSR count). The van der Waals surface area contributed by atoms with E-state index in [4.69, 9.17) is 4.74 Å². The largest absolute Gasteiger partial charge is 0.612 e. The lowest BCUT2D eigenvalue weighted by atomic mass is 9.77. The molecule has 0 spiro atoms. The number of carbonyl (C=O) groups excluding carboxylic acids is 1. The average Bonchev–Trinajstić information content (AvgIpc) is 2.63. The highest BCUT2D eigenvalue weighted by Gasteiger charge is 2.49. The van der Waals surface area contributed by atoms with E-state index in [2.05, 4.69) is 0 Å². The van der Waals surface area contributed by atoms with Crippen molar-refractivity contribution in [2.24, 2.45) is 0 Å². The van der Waals surface area contributed by atoms with E-state index in [1.54, 1.807) is 31.2 Å². The van der Waals surface area contributed by atoms with E-state index in [1.807, 2.05) is 0 Å². The van der Waals surface area contributed by atoms with Crippen LogP contribution in [-0.2, 0) is 14.9 Å². The Hall–Kier alpha value is -3.53. The molecule has 0 unspecified atom stereocenters. The normalized spacial score (nSPS) is 17.4. The van der Waals surface area contributed by atoms with Gasteiger partial charge in [-0.05, 0) is 18.6 Å². The van der Waals surface area contributed by atoms with Gasteiger partial charge >= 0.3 is 5.97 Å². The Morgan fingerprint density at radius 3 is 2.48 bits per heavy atom. The number of hydrogen-bond acceptors (Lipinski definition) is 6. The molecule has 7 nitrogen and oxygen atoms in total. The summed E-state index contributed by atoms with van der Waals surface area (Å²) in [6.07, 6.45) is 5.36. The van der Waals surface area contributed by atoms with Crippen molar-refractivity contribution in [2.75, 3.05) is 6.61 Å². The summed E-state index contributed by atoms with van der Waals surface area (Å²) in [5.74, 6) is -1.74. The summed E-state index contributed by atoms with van der Waals surface area (Å²) in [6.45, 7) is 1.55. The predicted molar refractivity (Wildman–Crippen MR) is 90.3 cm³/mol. The maximum Gasteiger partial charge on any atom is 0.339 e. The molecule has 1 N–H and O–H groups in total. The number of esters is 1. The second-order valence-electron chi connectivity index (χ2n) is 5.07. The van der Waals surface area contributed by atoms with E-state index in [-0.39, 0.29) is 17.7 Å². The molecular formula is C18H15N2O5-. The minimum Gasteiger partial charge on any atom is -0.612 e. The lowest BCUT2D eigenvalue weighted by Crippen LogP contribution is -2.40. The molecule has 0 amide bonds. The number of aliphatic hydroxyl groups excluding tert-OH is 1. The predicted octanol–water partition coefficient (Wildman–Crippen LogP) is 2.40. The van der Waals surface area contributed by atoms with Crippen molar-refractivity contribution in [3.05, 3.63) is 81.9 Å². The van der Waals surface area contributed by atoms with Crippen molar-refractivity contribution < 1.29 is 19.5 Å². The second kappa shape index (κ2) is 7.36. The van der Waals surface area contributed by atoms with Crippen LogP contribution in [0.15, 0.2) is 66.0 Å². The van der Waals surface area contributed by atoms with Gasteiger partial charge in [0.2, 0.25) is 11.1 Å². The van der Waals surface area contributed by atoms with Gasteiger partial charge in [0.15, 0.2) is 0 Å². The van der Waals surface area contributed by atoms with Crippen LogP contribution in [0.2, 0.25) is 0 Å². The topological polar surface area (TPSA) is 119 Å². The van der Waals surface area contributed by atoms with Crippen molar-refractivity contribution in [1.82, 2.24) is 0 Å². The standard InChI is InChI=1S/C18H15N2O5/c1-2-25-17(22)18(12-19,13-8-4-3-5-9-13)16(21)14-10-6-7-11-15(14)20(23)24/h3-11H,2H2,1H3,(H-,21,23,24)/q-1/t18-/m0/s1. The number of allylic oxidation sites excluding steroid dienone is 5. The van der Waals surface area contributed by atoms with Crippen molar-refractivity contribution in [2.45, 2.75) is 12.3 Å². The molecule has 0 radical (unpaired) electrons. The van der Waals surface area contributed by atoms with Crippen LogP contribution in [0.1, 0.15) is 12.5 Å². The molecule has 25 heavy (non-hydrogen) atoms. The molecule has 1 atom stereocenters. The Morgan fingerprint density at radius 2 is 1.92 bits per heavy atom. The quantitative estimate of drug-likeness (QED) is 0.389. The Kier molecular flexibility index (Phi) is 5.25. The number of rotatable bonds is 4. The minimum atomic E-state index is -2.20. The van der Waals surface area contributed by atoms with Crippen LogP contribution < -0.4 is 0 Å². The summed E-state index contributed by atoms with van der Waals surface area (Å²) in [4.78, 5) is 11.9. The van der Waals surface area contributed by atoms with Gasteiger partial charge in [-0.1, -0.05) is 42.5 Å².